The van der Waals surface area contributed by atoms with E-state index in [-0.39, 0.29) is 18.9 Å². The minimum absolute atomic E-state index is 0.00181. The Labute approximate surface area is 161 Å². The summed E-state index contributed by atoms with van der Waals surface area (Å²) in [5.41, 5.74) is 1.26. The van der Waals surface area contributed by atoms with E-state index in [0.29, 0.717) is 18.3 Å². The predicted molar refractivity (Wildman–Crippen MR) is 100 cm³/mol. The zero-order valence-corrected chi connectivity index (χ0v) is 16.5. The van der Waals surface area contributed by atoms with Crippen LogP contribution in [0.4, 0.5) is 0 Å². The van der Waals surface area contributed by atoms with Gasteiger partial charge in [-0.05, 0) is 26.2 Å². The van der Waals surface area contributed by atoms with Gasteiger partial charge in [0.15, 0.2) is 5.82 Å². The molecule has 154 valence electrons. The first-order chi connectivity index (χ1) is 12.9. The van der Waals surface area contributed by atoms with Crippen molar-refractivity contribution in [2.24, 2.45) is 5.92 Å². The summed E-state index contributed by atoms with van der Waals surface area (Å²) in [5.74, 6) is 1.06. The molecular formula is C19H34N4O4. The highest BCUT2D eigenvalue weighted by molar-refractivity contribution is 5.75. The minimum Gasteiger partial charge on any atom is -0.394 e. The van der Waals surface area contributed by atoms with E-state index in [4.69, 9.17) is 9.73 Å². The van der Waals surface area contributed by atoms with Crippen molar-refractivity contribution in [1.29, 1.82) is 0 Å². The van der Waals surface area contributed by atoms with Gasteiger partial charge in [0, 0.05) is 17.9 Å². The number of nitrogens with zero attached hydrogens (tertiary/aromatic N) is 2. The lowest BCUT2D eigenvalue weighted by molar-refractivity contribution is -0.129. The highest BCUT2D eigenvalue weighted by atomic mass is 16.5. The molecule has 4 N–H and O–H groups in total. The lowest BCUT2D eigenvalue weighted by Crippen LogP contribution is -2.42. The second-order valence-electron chi connectivity index (χ2n) is 8.32. The van der Waals surface area contributed by atoms with Gasteiger partial charge in [0.1, 0.15) is 0 Å². The van der Waals surface area contributed by atoms with Crippen LogP contribution in [0.5, 0.6) is 0 Å². The van der Waals surface area contributed by atoms with E-state index < -0.39 is 11.4 Å². The molecular weight excluding hydrogens is 348 g/mol. The third-order valence-electron chi connectivity index (χ3n) is 5.40. The van der Waals surface area contributed by atoms with E-state index in [1.54, 1.807) is 5.48 Å². The van der Waals surface area contributed by atoms with E-state index in [1.165, 1.54) is 32.1 Å². The Bertz CT molecular complexity index is 570. The summed E-state index contributed by atoms with van der Waals surface area (Å²) in [6.45, 7) is 4.14. The average Bonchev–Trinajstić information content (AvgIpc) is 3.15. The summed E-state index contributed by atoms with van der Waals surface area (Å²) in [6.07, 6.45) is 9.67. The van der Waals surface area contributed by atoms with Crippen molar-refractivity contribution in [2.45, 2.75) is 89.6 Å². The molecule has 1 aliphatic rings. The van der Waals surface area contributed by atoms with Crippen molar-refractivity contribution in [3.8, 4) is 0 Å². The van der Waals surface area contributed by atoms with Gasteiger partial charge in [0.2, 0.25) is 11.8 Å². The van der Waals surface area contributed by atoms with Crippen molar-refractivity contribution in [2.75, 3.05) is 6.61 Å². The van der Waals surface area contributed by atoms with Crippen molar-refractivity contribution in [3.05, 3.63) is 11.7 Å². The zero-order valence-electron chi connectivity index (χ0n) is 16.5. The lowest BCUT2D eigenvalue weighted by atomic mass is 9.84. The van der Waals surface area contributed by atoms with Gasteiger partial charge < -0.3 is 14.9 Å². The lowest BCUT2D eigenvalue weighted by Gasteiger charge is -2.22. The van der Waals surface area contributed by atoms with Crippen LogP contribution in [0.15, 0.2) is 4.52 Å². The number of amides is 1. The molecule has 1 fully saturated rings. The molecule has 0 unspecified atom stereocenters. The van der Waals surface area contributed by atoms with Gasteiger partial charge in [-0.15, -0.1) is 0 Å². The number of carbonyl (C=O) groups is 1. The standard InChI is InChI=1S/C19H34N4O4/c1-19(2,13-24)20-12-16-21-18(27-23-16)15(11-17(25)22-26)10-6-9-14-7-4-3-5-8-14/h14-15,20,24,26H,3-13H2,1-2H3,(H,22,25)/t15-/m1/s1. The number of hydrogen-bond acceptors (Lipinski definition) is 7. The third kappa shape index (κ3) is 7.56. The number of rotatable bonds is 11. The smallest absolute Gasteiger partial charge is 0.244 e. The SMILES string of the molecule is CC(C)(CO)NCc1noc([C@H](CCCC2CCCCC2)CC(=O)NO)n1. The minimum atomic E-state index is -0.447. The van der Waals surface area contributed by atoms with Crippen LogP contribution < -0.4 is 10.8 Å². The molecule has 1 atom stereocenters. The molecule has 1 aromatic rings. The number of aliphatic hydroxyl groups excluding tert-OH is 1. The molecule has 0 spiro atoms. The quantitative estimate of drug-likeness (QED) is 0.343. The molecule has 1 saturated carbocycles. The summed E-state index contributed by atoms with van der Waals surface area (Å²) in [4.78, 5) is 16.1. The molecule has 1 aromatic heterocycles. The molecule has 0 aromatic carbocycles. The first-order valence-electron chi connectivity index (χ1n) is 10.0. The number of aromatic nitrogens is 2. The van der Waals surface area contributed by atoms with Crippen LogP contribution in [0.3, 0.4) is 0 Å². The van der Waals surface area contributed by atoms with Gasteiger partial charge >= 0.3 is 0 Å². The van der Waals surface area contributed by atoms with Crippen LogP contribution in [-0.4, -0.2) is 38.5 Å². The van der Waals surface area contributed by atoms with Gasteiger partial charge in [-0.25, -0.2) is 5.48 Å². The third-order valence-corrected chi connectivity index (χ3v) is 5.40. The highest BCUT2D eigenvalue weighted by Gasteiger charge is 2.24. The molecule has 8 heteroatoms. The van der Waals surface area contributed by atoms with E-state index in [1.807, 2.05) is 13.8 Å². The van der Waals surface area contributed by atoms with Crippen molar-refractivity contribution >= 4 is 5.91 Å². The molecule has 1 aliphatic carbocycles. The van der Waals surface area contributed by atoms with Gasteiger partial charge in [-0.1, -0.05) is 50.1 Å². The fourth-order valence-corrected chi connectivity index (χ4v) is 3.59. The van der Waals surface area contributed by atoms with Gasteiger partial charge in [-0.2, -0.15) is 4.98 Å². The van der Waals surface area contributed by atoms with Crippen LogP contribution in [0, 0.1) is 5.92 Å². The number of nitrogens with one attached hydrogen (secondary N) is 2. The molecule has 27 heavy (non-hydrogen) atoms. The molecule has 0 bridgehead atoms. The number of hydroxylamine groups is 1. The van der Waals surface area contributed by atoms with Crippen LogP contribution in [0.1, 0.15) is 89.3 Å². The topological polar surface area (TPSA) is 121 Å². The fraction of sp³-hybridized carbons (Fsp3) is 0.842. The maximum atomic E-state index is 11.7. The van der Waals surface area contributed by atoms with Gasteiger partial charge in [0.25, 0.3) is 0 Å². The maximum Gasteiger partial charge on any atom is 0.244 e. The van der Waals surface area contributed by atoms with Crippen LogP contribution in [-0.2, 0) is 11.3 Å². The van der Waals surface area contributed by atoms with Crippen LogP contribution in [0.25, 0.3) is 0 Å². The summed E-state index contributed by atoms with van der Waals surface area (Å²) in [7, 11) is 0. The second-order valence-corrected chi connectivity index (χ2v) is 8.32. The number of hydrogen-bond donors (Lipinski definition) is 4. The first-order valence-corrected chi connectivity index (χ1v) is 10.0. The Hall–Kier alpha value is -1.51. The molecule has 1 heterocycles. The number of carbonyl (C=O) groups excluding carboxylic acids is 1. The monoisotopic (exact) mass is 382 g/mol. The summed E-state index contributed by atoms with van der Waals surface area (Å²) >= 11 is 0. The predicted octanol–water partition coefficient (Wildman–Crippen LogP) is 2.66. The van der Waals surface area contributed by atoms with E-state index in [9.17, 15) is 9.90 Å². The Balaban J connectivity index is 1.91. The maximum absolute atomic E-state index is 11.7. The summed E-state index contributed by atoms with van der Waals surface area (Å²) in [5, 5.41) is 25.3. The average molecular weight is 383 g/mol. The Morgan fingerprint density at radius 2 is 2.07 bits per heavy atom. The molecule has 0 aliphatic heterocycles. The summed E-state index contributed by atoms with van der Waals surface area (Å²) < 4.78 is 5.39. The Morgan fingerprint density at radius 3 is 2.74 bits per heavy atom. The first kappa shape index (κ1) is 21.8. The second kappa shape index (κ2) is 10.7. The van der Waals surface area contributed by atoms with Crippen molar-refractivity contribution < 1.29 is 19.6 Å². The zero-order chi connectivity index (χ0) is 19.7. The van der Waals surface area contributed by atoms with E-state index >= 15 is 0 Å². The number of aliphatic hydroxyl groups is 1. The van der Waals surface area contributed by atoms with Crippen LogP contribution in [0.2, 0.25) is 0 Å². The molecule has 0 radical (unpaired) electrons. The van der Waals surface area contributed by atoms with Crippen LogP contribution >= 0.6 is 0 Å². The van der Waals surface area contributed by atoms with Crippen molar-refractivity contribution in [1.82, 2.24) is 20.9 Å². The fourth-order valence-electron chi connectivity index (χ4n) is 3.59. The largest absolute Gasteiger partial charge is 0.394 e. The molecule has 2 rings (SSSR count). The highest BCUT2D eigenvalue weighted by Crippen LogP contribution is 2.31. The molecule has 1 amide bonds. The molecule has 8 nitrogen and oxygen atoms in total. The molecule has 0 saturated heterocycles. The van der Waals surface area contributed by atoms with Gasteiger partial charge in [-0.3, -0.25) is 10.0 Å². The van der Waals surface area contributed by atoms with E-state index in [0.717, 1.165) is 25.2 Å². The van der Waals surface area contributed by atoms with E-state index in [2.05, 4.69) is 15.5 Å². The Morgan fingerprint density at radius 1 is 1.33 bits per heavy atom. The normalized spacial score (nSPS) is 17.0. The van der Waals surface area contributed by atoms with Gasteiger partial charge in [0.05, 0.1) is 13.2 Å². The van der Waals surface area contributed by atoms with Crippen molar-refractivity contribution in [3.63, 3.8) is 0 Å². The Kier molecular flexibility index (Phi) is 8.66. The summed E-state index contributed by atoms with van der Waals surface area (Å²) in [6, 6.07) is 0.